The highest BCUT2D eigenvalue weighted by molar-refractivity contribution is 7.91. The number of hydrogen-bond acceptors (Lipinski definition) is 7. The molecule has 1 aliphatic heterocycles. The van der Waals surface area contributed by atoms with E-state index in [9.17, 15) is 30.8 Å². The molecule has 37 heavy (non-hydrogen) atoms. The van der Waals surface area contributed by atoms with Crippen LogP contribution < -0.4 is 5.73 Å². The quantitative estimate of drug-likeness (QED) is 0.587. The molecule has 5 aliphatic rings. The van der Waals surface area contributed by atoms with E-state index in [-0.39, 0.29) is 73.5 Å². The number of halogens is 4. The van der Waals surface area contributed by atoms with Crippen molar-refractivity contribution in [2.45, 2.75) is 68.9 Å². The maximum atomic E-state index is 14.1. The van der Waals surface area contributed by atoms with Gasteiger partial charge in [-0.25, -0.2) is 27.3 Å². The molecule has 7 rings (SSSR count). The maximum Gasteiger partial charge on any atom is 0.391 e. The highest BCUT2D eigenvalue weighted by Gasteiger charge is 2.73. The first-order chi connectivity index (χ1) is 17.3. The molecule has 5 fully saturated rings. The molecule has 202 valence electrons. The Balaban J connectivity index is 1.23. The van der Waals surface area contributed by atoms with Crippen LogP contribution in [0.25, 0.3) is 5.78 Å². The van der Waals surface area contributed by atoms with Crippen molar-refractivity contribution in [3.8, 4) is 0 Å². The van der Waals surface area contributed by atoms with Crippen molar-refractivity contribution >= 4 is 21.5 Å². The van der Waals surface area contributed by atoms with E-state index in [0.29, 0.717) is 18.5 Å². The molecule has 3 heterocycles. The van der Waals surface area contributed by atoms with Crippen molar-refractivity contribution in [3.05, 3.63) is 23.8 Å². The van der Waals surface area contributed by atoms with Gasteiger partial charge in [0.2, 0.25) is 5.91 Å². The van der Waals surface area contributed by atoms with Gasteiger partial charge in [0.05, 0.1) is 58.7 Å². The van der Waals surface area contributed by atoms with E-state index >= 15 is 0 Å². The normalized spacial score (nSPS) is 36.0. The summed E-state index contributed by atoms with van der Waals surface area (Å²) in [7, 11) is -3.43. The molecule has 2 bridgehead atoms. The predicted molar refractivity (Wildman–Crippen MR) is 122 cm³/mol. The zero-order valence-electron chi connectivity index (χ0n) is 20.0. The lowest BCUT2D eigenvalue weighted by Gasteiger charge is -2.65. The van der Waals surface area contributed by atoms with Gasteiger partial charge in [-0.1, -0.05) is 0 Å². The van der Waals surface area contributed by atoms with Crippen LogP contribution in [0.15, 0.2) is 12.4 Å². The number of rotatable bonds is 4. The molecular weight excluding hydrogens is 516 g/mol. The molecule has 2 atom stereocenters. The van der Waals surface area contributed by atoms with Gasteiger partial charge in [-0.05, 0) is 50.9 Å². The summed E-state index contributed by atoms with van der Waals surface area (Å²) in [5.74, 6) is -2.02. The summed E-state index contributed by atoms with van der Waals surface area (Å²) in [4.78, 5) is 23.7. The van der Waals surface area contributed by atoms with E-state index in [1.807, 2.05) is 0 Å². The van der Waals surface area contributed by atoms with Gasteiger partial charge in [-0.2, -0.15) is 18.3 Å². The standard InChI is InChI=1S/C23H28F4N6O3S/c24-22-10-21(11-22,12-22)19(34)32-5-6-37(35,36)9-17(32)15-7-29-33-8-16(31-20(33)30-15)18(28)13-1-3-14(4-2-13)23(25,26)27/h7-8,13-14,17-18H,1-6,9-12,28H2/t13?,14?,17?,18-,21?,22?/m0/s1. The second-order valence-corrected chi connectivity index (χ2v) is 13.6. The molecule has 1 saturated heterocycles. The molecule has 0 aromatic carbocycles. The van der Waals surface area contributed by atoms with Crippen molar-refractivity contribution < 1.29 is 30.8 Å². The fourth-order valence-corrected chi connectivity index (χ4v) is 8.14. The summed E-state index contributed by atoms with van der Waals surface area (Å²) in [5.41, 5.74) is 5.08. The van der Waals surface area contributed by atoms with Crippen molar-refractivity contribution in [3.63, 3.8) is 0 Å². The Kier molecular flexibility index (Phi) is 5.45. The minimum absolute atomic E-state index is 0.00485. The Bertz CT molecular complexity index is 1330. The molecule has 2 aromatic rings. The molecule has 1 amide bonds. The Morgan fingerprint density at radius 3 is 2.43 bits per heavy atom. The second-order valence-electron chi connectivity index (χ2n) is 11.4. The Morgan fingerprint density at radius 2 is 1.81 bits per heavy atom. The smallest absolute Gasteiger partial charge is 0.331 e. The Hall–Kier alpha value is -2.35. The van der Waals surface area contributed by atoms with Gasteiger partial charge >= 0.3 is 6.18 Å². The zero-order valence-corrected chi connectivity index (χ0v) is 20.8. The average Bonchev–Trinajstić information content (AvgIpc) is 3.23. The monoisotopic (exact) mass is 544 g/mol. The number of nitrogens with zero attached hydrogens (tertiary/aromatic N) is 5. The van der Waals surface area contributed by atoms with Crippen LogP contribution >= 0.6 is 0 Å². The van der Waals surface area contributed by atoms with Crippen LogP contribution in [0.2, 0.25) is 0 Å². The summed E-state index contributed by atoms with van der Waals surface area (Å²) in [6, 6.07) is -1.45. The highest BCUT2D eigenvalue weighted by atomic mass is 32.2. The van der Waals surface area contributed by atoms with Crippen LogP contribution in [0.5, 0.6) is 0 Å². The highest BCUT2D eigenvalue weighted by Crippen LogP contribution is 2.70. The molecule has 4 saturated carbocycles. The van der Waals surface area contributed by atoms with Crippen LogP contribution in [0, 0.1) is 17.3 Å². The molecule has 14 heteroatoms. The summed E-state index contributed by atoms with van der Waals surface area (Å²) in [6.45, 7) is 0.00485. The van der Waals surface area contributed by atoms with E-state index < -0.39 is 45.1 Å². The number of fused-ring (bicyclic) bond motifs is 1. The first-order valence-corrected chi connectivity index (χ1v) is 14.3. The van der Waals surface area contributed by atoms with Gasteiger partial charge in [0.25, 0.3) is 5.78 Å². The average molecular weight is 545 g/mol. The number of nitrogens with two attached hydrogens (primary N) is 1. The van der Waals surface area contributed by atoms with Gasteiger partial charge < -0.3 is 10.6 Å². The van der Waals surface area contributed by atoms with E-state index in [2.05, 4.69) is 15.1 Å². The zero-order chi connectivity index (χ0) is 26.4. The molecule has 9 nitrogen and oxygen atoms in total. The molecule has 2 aromatic heterocycles. The van der Waals surface area contributed by atoms with Crippen molar-refractivity contribution in [2.24, 2.45) is 23.0 Å². The summed E-state index contributed by atoms with van der Waals surface area (Å²) in [5, 5.41) is 4.30. The van der Waals surface area contributed by atoms with E-state index in [1.54, 1.807) is 6.20 Å². The Morgan fingerprint density at radius 1 is 1.14 bits per heavy atom. The lowest BCUT2D eigenvalue weighted by Crippen LogP contribution is -2.71. The third-order valence-electron chi connectivity index (χ3n) is 8.77. The van der Waals surface area contributed by atoms with Crippen molar-refractivity contribution in [2.75, 3.05) is 18.1 Å². The second kappa shape index (κ2) is 8.08. The number of aromatic nitrogens is 4. The fourth-order valence-electron chi connectivity index (χ4n) is 6.66. The number of alkyl halides is 4. The van der Waals surface area contributed by atoms with Gasteiger partial charge in [0.15, 0.2) is 9.84 Å². The lowest BCUT2D eigenvalue weighted by molar-refractivity contribution is -0.223. The van der Waals surface area contributed by atoms with Crippen LogP contribution in [0.1, 0.15) is 68.4 Å². The fraction of sp³-hybridized carbons (Fsp3) is 0.739. The first kappa shape index (κ1) is 25.0. The lowest BCUT2D eigenvalue weighted by atomic mass is 9.42. The number of sulfone groups is 1. The largest absolute Gasteiger partial charge is 0.391 e. The number of amides is 1. The minimum Gasteiger partial charge on any atom is -0.331 e. The molecular formula is C23H28F4N6O3S. The SMILES string of the molecule is N[C@H](c1cn2ncc(C3CS(=O)(=O)CCN3C(=O)C34CC(F)(C3)C4)nc2n1)C1CCC(C(F)(F)F)CC1. The van der Waals surface area contributed by atoms with Gasteiger partial charge in [-0.3, -0.25) is 4.79 Å². The van der Waals surface area contributed by atoms with Gasteiger partial charge in [-0.15, -0.1) is 0 Å². The minimum atomic E-state index is -4.20. The predicted octanol–water partition coefficient (Wildman–Crippen LogP) is 2.68. The van der Waals surface area contributed by atoms with E-state index in [4.69, 9.17) is 5.73 Å². The number of hydrogen-bond donors (Lipinski definition) is 1. The summed E-state index contributed by atoms with van der Waals surface area (Å²) >= 11 is 0. The van der Waals surface area contributed by atoms with Gasteiger partial charge in [0, 0.05) is 6.54 Å². The number of carbonyl (C=O) groups excluding carboxylic acids is 1. The van der Waals surface area contributed by atoms with Crippen LogP contribution in [0.3, 0.4) is 0 Å². The van der Waals surface area contributed by atoms with Crippen molar-refractivity contribution in [1.29, 1.82) is 0 Å². The molecule has 1 unspecified atom stereocenters. The summed E-state index contributed by atoms with van der Waals surface area (Å²) in [6.07, 6.45) is 0.0227. The van der Waals surface area contributed by atoms with E-state index in [1.165, 1.54) is 15.6 Å². The molecule has 0 radical (unpaired) electrons. The van der Waals surface area contributed by atoms with Crippen LogP contribution in [0.4, 0.5) is 17.6 Å². The van der Waals surface area contributed by atoms with Gasteiger partial charge in [0.1, 0.15) is 5.67 Å². The third kappa shape index (κ3) is 4.19. The third-order valence-corrected chi connectivity index (χ3v) is 10.4. The Labute approximate surface area is 210 Å². The van der Waals surface area contributed by atoms with Crippen LogP contribution in [-0.4, -0.2) is 68.7 Å². The molecule has 4 aliphatic carbocycles. The molecule has 0 spiro atoms. The maximum absolute atomic E-state index is 14.1. The topological polar surface area (TPSA) is 124 Å². The van der Waals surface area contributed by atoms with E-state index in [0.717, 1.165) is 0 Å². The number of imidazole rings is 1. The van der Waals surface area contributed by atoms with Crippen molar-refractivity contribution in [1.82, 2.24) is 24.5 Å². The number of carbonyl (C=O) groups is 1. The molecule has 2 N–H and O–H groups in total. The van der Waals surface area contributed by atoms with Crippen LogP contribution in [-0.2, 0) is 14.6 Å². The first-order valence-electron chi connectivity index (χ1n) is 12.5. The summed E-state index contributed by atoms with van der Waals surface area (Å²) < 4.78 is 79.4.